The van der Waals surface area contributed by atoms with Crippen molar-refractivity contribution in [1.82, 2.24) is 0 Å². The lowest BCUT2D eigenvalue weighted by Crippen LogP contribution is -2.03. The van der Waals surface area contributed by atoms with E-state index in [9.17, 15) is 0 Å². The summed E-state index contributed by atoms with van der Waals surface area (Å²) >= 11 is 5.94. The zero-order valence-corrected chi connectivity index (χ0v) is 12.5. The summed E-state index contributed by atoms with van der Waals surface area (Å²) in [5.41, 5.74) is 8.68. The van der Waals surface area contributed by atoms with Crippen LogP contribution in [0.15, 0.2) is 46.9 Å². The summed E-state index contributed by atoms with van der Waals surface area (Å²) in [6.07, 6.45) is 0. The summed E-state index contributed by atoms with van der Waals surface area (Å²) in [6, 6.07) is 13.4. The predicted octanol–water partition coefficient (Wildman–Crippen LogP) is 4.43. The summed E-state index contributed by atoms with van der Waals surface area (Å²) in [4.78, 5) is 0. The topological polar surface area (TPSA) is 48.4 Å². The maximum atomic E-state index is 5.94. The van der Waals surface area contributed by atoms with Gasteiger partial charge in [0.2, 0.25) is 0 Å². The second-order valence-corrected chi connectivity index (χ2v) is 5.34. The van der Waals surface area contributed by atoms with Crippen LogP contribution in [0.3, 0.4) is 0 Å². The van der Waals surface area contributed by atoms with E-state index in [1.54, 1.807) is 0 Å². The maximum Gasteiger partial charge on any atom is 0.147 e. The Hall–Kier alpha value is -1.97. The third-order valence-corrected chi connectivity index (χ3v) is 3.72. The first-order chi connectivity index (χ1) is 10.2. The number of hydrogen-bond acceptors (Lipinski definition) is 3. The second kappa shape index (κ2) is 5.80. The van der Waals surface area contributed by atoms with Gasteiger partial charge in [-0.05, 0) is 36.8 Å². The minimum Gasteiger partial charge on any atom is -0.485 e. The molecule has 3 aromatic rings. The summed E-state index contributed by atoms with van der Waals surface area (Å²) in [7, 11) is 0. The van der Waals surface area contributed by atoms with Crippen LogP contribution in [0.4, 0.5) is 0 Å². The van der Waals surface area contributed by atoms with Gasteiger partial charge in [-0.1, -0.05) is 29.8 Å². The highest BCUT2D eigenvalue weighted by atomic mass is 35.5. The van der Waals surface area contributed by atoms with Crippen LogP contribution in [-0.2, 0) is 13.2 Å². The smallest absolute Gasteiger partial charge is 0.147 e. The standard InChI is InChI=1S/C17H16ClNO2/c1-11-8-12(18)6-7-15(11)20-10-17-14(9-19)13-4-2-3-5-16(13)21-17/h2-8H,9-10,19H2,1H3. The van der Waals surface area contributed by atoms with E-state index in [-0.39, 0.29) is 0 Å². The van der Waals surface area contributed by atoms with E-state index in [2.05, 4.69) is 0 Å². The molecule has 1 aromatic heterocycles. The van der Waals surface area contributed by atoms with Crippen LogP contribution < -0.4 is 10.5 Å². The van der Waals surface area contributed by atoms with Crippen molar-refractivity contribution in [3.8, 4) is 5.75 Å². The molecule has 0 saturated carbocycles. The van der Waals surface area contributed by atoms with Gasteiger partial charge in [-0.25, -0.2) is 0 Å². The number of halogens is 1. The average molecular weight is 302 g/mol. The number of para-hydroxylation sites is 1. The fourth-order valence-corrected chi connectivity index (χ4v) is 2.63. The number of aryl methyl sites for hydroxylation is 1. The SMILES string of the molecule is Cc1cc(Cl)ccc1OCc1oc2ccccc2c1CN. The largest absolute Gasteiger partial charge is 0.485 e. The third-order valence-electron chi connectivity index (χ3n) is 3.48. The van der Waals surface area contributed by atoms with Crippen molar-refractivity contribution in [2.45, 2.75) is 20.1 Å². The molecular weight excluding hydrogens is 286 g/mol. The van der Waals surface area contributed by atoms with Crippen LogP contribution in [0.2, 0.25) is 5.02 Å². The van der Waals surface area contributed by atoms with Gasteiger partial charge in [0.1, 0.15) is 23.7 Å². The zero-order chi connectivity index (χ0) is 14.8. The molecule has 0 spiro atoms. The lowest BCUT2D eigenvalue weighted by atomic mass is 10.1. The lowest BCUT2D eigenvalue weighted by Gasteiger charge is -2.08. The monoisotopic (exact) mass is 301 g/mol. The molecule has 0 atom stereocenters. The fraction of sp³-hybridized carbons (Fsp3) is 0.176. The summed E-state index contributed by atoms with van der Waals surface area (Å²) in [5.74, 6) is 1.57. The van der Waals surface area contributed by atoms with Gasteiger partial charge in [0.05, 0.1) is 0 Å². The molecule has 0 unspecified atom stereocenters. The Bertz CT molecular complexity index is 780. The molecule has 0 saturated heterocycles. The maximum absolute atomic E-state index is 5.94. The van der Waals surface area contributed by atoms with Crippen molar-refractivity contribution in [2.24, 2.45) is 5.73 Å². The summed E-state index contributed by atoms with van der Waals surface area (Å²) in [6.45, 7) is 2.74. The fourth-order valence-electron chi connectivity index (χ4n) is 2.41. The molecule has 0 aliphatic carbocycles. The Labute approximate surface area is 128 Å². The molecule has 4 heteroatoms. The number of benzene rings is 2. The van der Waals surface area contributed by atoms with Crippen LogP contribution in [0.5, 0.6) is 5.75 Å². The first-order valence-corrected chi connectivity index (χ1v) is 7.15. The molecule has 3 nitrogen and oxygen atoms in total. The van der Waals surface area contributed by atoms with E-state index in [1.165, 1.54) is 0 Å². The minimum atomic E-state index is 0.351. The normalized spacial score (nSPS) is 11.0. The van der Waals surface area contributed by atoms with Crippen LogP contribution >= 0.6 is 11.6 Å². The van der Waals surface area contributed by atoms with Crippen LogP contribution in [0.25, 0.3) is 11.0 Å². The second-order valence-electron chi connectivity index (χ2n) is 4.90. The molecule has 0 bridgehead atoms. The van der Waals surface area contributed by atoms with Crippen molar-refractivity contribution in [3.05, 3.63) is 64.4 Å². The van der Waals surface area contributed by atoms with Gasteiger partial charge in [-0.3, -0.25) is 0 Å². The van der Waals surface area contributed by atoms with Gasteiger partial charge in [0, 0.05) is 22.5 Å². The number of rotatable bonds is 4. The first kappa shape index (κ1) is 14.0. The molecule has 0 amide bonds. The highest BCUT2D eigenvalue weighted by Gasteiger charge is 2.13. The Balaban J connectivity index is 1.88. The predicted molar refractivity (Wildman–Crippen MR) is 84.6 cm³/mol. The Kier molecular flexibility index (Phi) is 3.86. The highest BCUT2D eigenvalue weighted by molar-refractivity contribution is 6.30. The van der Waals surface area contributed by atoms with E-state index in [1.807, 2.05) is 49.4 Å². The number of furan rings is 1. The van der Waals surface area contributed by atoms with Crippen LogP contribution in [-0.4, -0.2) is 0 Å². The number of fused-ring (bicyclic) bond motifs is 1. The molecule has 0 aliphatic heterocycles. The quantitative estimate of drug-likeness (QED) is 0.775. The molecule has 0 fully saturated rings. The van der Waals surface area contributed by atoms with Gasteiger partial charge < -0.3 is 14.9 Å². The number of ether oxygens (including phenoxy) is 1. The summed E-state index contributed by atoms with van der Waals surface area (Å²) < 4.78 is 11.7. The molecule has 21 heavy (non-hydrogen) atoms. The van der Waals surface area contributed by atoms with E-state index in [0.29, 0.717) is 18.2 Å². The molecule has 108 valence electrons. The molecule has 3 rings (SSSR count). The zero-order valence-electron chi connectivity index (χ0n) is 11.7. The summed E-state index contributed by atoms with van der Waals surface area (Å²) in [5, 5.41) is 1.75. The van der Waals surface area contributed by atoms with E-state index in [4.69, 9.17) is 26.5 Å². The molecule has 0 radical (unpaired) electrons. The molecular formula is C17H16ClNO2. The number of hydrogen-bond donors (Lipinski definition) is 1. The van der Waals surface area contributed by atoms with E-state index < -0.39 is 0 Å². The van der Waals surface area contributed by atoms with Crippen molar-refractivity contribution in [3.63, 3.8) is 0 Å². The molecule has 1 heterocycles. The molecule has 2 aromatic carbocycles. The highest BCUT2D eigenvalue weighted by Crippen LogP contribution is 2.28. The lowest BCUT2D eigenvalue weighted by molar-refractivity contribution is 0.271. The van der Waals surface area contributed by atoms with Gasteiger partial charge in [-0.2, -0.15) is 0 Å². The molecule has 0 aliphatic rings. The van der Waals surface area contributed by atoms with Crippen molar-refractivity contribution >= 4 is 22.6 Å². The molecule has 2 N–H and O–H groups in total. The first-order valence-electron chi connectivity index (χ1n) is 6.77. The van der Waals surface area contributed by atoms with Crippen molar-refractivity contribution < 1.29 is 9.15 Å². The van der Waals surface area contributed by atoms with Crippen molar-refractivity contribution in [2.75, 3.05) is 0 Å². The minimum absolute atomic E-state index is 0.351. The van der Waals surface area contributed by atoms with Crippen LogP contribution in [0, 0.1) is 6.92 Å². The van der Waals surface area contributed by atoms with Gasteiger partial charge in [0.15, 0.2) is 0 Å². The van der Waals surface area contributed by atoms with Crippen molar-refractivity contribution in [1.29, 1.82) is 0 Å². The van der Waals surface area contributed by atoms with Crippen LogP contribution in [0.1, 0.15) is 16.9 Å². The van der Waals surface area contributed by atoms with Gasteiger partial charge in [0.25, 0.3) is 0 Å². The van der Waals surface area contributed by atoms with Gasteiger partial charge in [-0.15, -0.1) is 0 Å². The van der Waals surface area contributed by atoms with E-state index >= 15 is 0 Å². The third kappa shape index (κ3) is 2.75. The van der Waals surface area contributed by atoms with E-state index in [0.717, 1.165) is 33.6 Å². The average Bonchev–Trinajstić information content (AvgIpc) is 2.83. The Morgan fingerprint density at radius 3 is 2.76 bits per heavy atom. The Morgan fingerprint density at radius 2 is 2.00 bits per heavy atom. The Morgan fingerprint density at radius 1 is 1.19 bits per heavy atom. The number of nitrogens with two attached hydrogens (primary N) is 1. The van der Waals surface area contributed by atoms with Gasteiger partial charge >= 0.3 is 0 Å².